The fourth-order valence-corrected chi connectivity index (χ4v) is 2.52. The number of nitrogens with zero attached hydrogens (tertiary/aromatic N) is 3. The molecule has 0 radical (unpaired) electrons. The van der Waals surface area contributed by atoms with Gasteiger partial charge in [0.05, 0.1) is 21.8 Å². The molecule has 0 saturated carbocycles. The van der Waals surface area contributed by atoms with E-state index in [4.69, 9.17) is 16.9 Å². The van der Waals surface area contributed by atoms with Crippen molar-refractivity contribution < 1.29 is 13.2 Å². The molecule has 0 aliphatic heterocycles. The van der Waals surface area contributed by atoms with Gasteiger partial charge in [0, 0.05) is 17.8 Å². The molecule has 7 heteroatoms. The monoisotopic (exact) mass is 321 g/mol. The summed E-state index contributed by atoms with van der Waals surface area (Å²) in [6.07, 6.45) is -1.34. The lowest BCUT2D eigenvalue weighted by molar-refractivity contribution is -0.137. The molecule has 22 heavy (non-hydrogen) atoms. The van der Waals surface area contributed by atoms with Crippen LogP contribution in [0.1, 0.15) is 11.3 Å². The van der Waals surface area contributed by atoms with E-state index in [1.54, 1.807) is 22.9 Å². The van der Waals surface area contributed by atoms with Crippen molar-refractivity contribution >= 4 is 22.5 Å². The number of hydrogen-bond donors (Lipinski definition) is 0. The van der Waals surface area contributed by atoms with Crippen LogP contribution in [-0.4, -0.2) is 9.55 Å². The lowest BCUT2D eigenvalue weighted by atomic mass is 10.2. The summed E-state index contributed by atoms with van der Waals surface area (Å²) < 4.78 is 39.7. The van der Waals surface area contributed by atoms with Gasteiger partial charge < -0.3 is 4.57 Å². The fourth-order valence-electron chi connectivity index (χ4n) is 2.24. The smallest absolute Gasteiger partial charge is 0.315 e. The van der Waals surface area contributed by atoms with Crippen LogP contribution in [0.4, 0.5) is 13.2 Å². The maximum absolute atomic E-state index is 12.7. The first kappa shape index (κ1) is 14.4. The van der Waals surface area contributed by atoms with Crippen molar-refractivity contribution in [3.63, 3.8) is 0 Å². The minimum Gasteiger partial charge on any atom is -0.315 e. The first-order chi connectivity index (χ1) is 10.4. The lowest BCUT2D eigenvalue weighted by Gasteiger charge is -2.11. The third-order valence-corrected chi connectivity index (χ3v) is 3.56. The third kappa shape index (κ3) is 2.30. The van der Waals surface area contributed by atoms with E-state index in [1.165, 1.54) is 12.3 Å². The molecule has 0 aliphatic rings. The molecule has 0 bridgehead atoms. The second-order valence-corrected chi connectivity index (χ2v) is 4.96. The summed E-state index contributed by atoms with van der Waals surface area (Å²) in [7, 11) is 0. The molecule has 0 atom stereocenters. The Kier molecular flexibility index (Phi) is 3.30. The number of halogens is 4. The summed E-state index contributed by atoms with van der Waals surface area (Å²) >= 11 is 6.00. The summed E-state index contributed by atoms with van der Waals surface area (Å²) in [5.41, 5.74) is 0.490. The number of pyridine rings is 1. The SMILES string of the molecule is N#Cc1nccc2c1ccn2-c1ccc(C(F)(F)F)cc1Cl. The predicted molar refractivity (Wildman–Crippen MR) is 75.8 cm³/mol. The minimum atomic E-state index is -4.45. The van der Waals surface area contributed by atoms with Gasteiger partial charge in [0.2, 0.25) is 0 Å². The Morgan fingerprint density at radius 3 is 2.59 bits per heavy atom. The molecule has 110 valence electrons. The van der Waals surface area contributed by atoms with Crippen LogP contribution in [0.2, 0.25) is 5.02 Å². The second-order valence-electron chi connectivity index (χ2n) is 4.55. The molecule has 0 N–H and O–H groups in total. The highest BCUT2D eigenvalue weighted by atomic mass is 35.5. The van der Waals surface area contributed by atoms with E-state index in [0.29, 0.717) is 16.6 Å². The number of nitriles is 1. The molecule has 2 aromatic heterocycles. The summed E-state index contributed by atoms with van der Waals surface area (Å²) in [5.74, 6) is 0. The number of hydrogen-bond acceptors (Lipinski definition) is 2. The molecule has 1 aromatic carbocycles. The molecular weight excluding hydrogens is 315 g/mol. The number of alkyl halides is 3. The number of fused-ring (bicyclic) bond motifs is 1. The summed E-state index contributed by atoms with van der Waals surface area (Å²) in [5, 5.41) is 9.61. The average Bonchev–Trinajstić information content (AvgIpc) is 2.90. The van der Waals surface area contributed by atoms with Gasteiger partial charge in [0.25, 0.3) is 0 Å². The van der Waals surface area contributed by atoms with E-state index in [2.05, 4.69) is 4.98 Å². The van der Waals surface area contributed by atoms with Gasteiger partial charge in [0.15, 0.2) is 0 Å². The fraction of sp³-hybridized carbons (Fsp3) is 0.0667. The number of benzene rings is 1. The molecule has 3 rings (SSSR count). The molecule has 3 nitrogen and oxygen atoms in total. The zero-order valence-corrected chi connectivity index (χ0v) is 11.7. The Balaban J connectivity index is 2.19. The molecule has 0 unspecified atom stereocenters. The first-order valence-electron chi connectivity index (χ1n) is 6.15. The summed E-state index contributed by atoms with van der Waals surface area (Å²) in [6.45, 7) is 0. The molecular formula is C15H7ClF3N3. The first-order valence-corrected chi connectivity index (χ1v) is 6.53. The van der Waals surface area contributed by atoms with E-state index >= 15 is 0 Å². The van der Waals surface area contributed by atoms with Crippen molar-refractivity contribution in [3.05, 3.63) is 59.0 Å². The molecule has 0 saturated heterocycles. The maximum Gasteiger partial charge on any atom is 0.416 e. The Hall–Kier alpha value is -2.52. The quantitative estimate of drug-likeness (QED) is 0.659. The molecule has 2 heterocycles. The van der Waals surface area contributed by atoms with Crippen molar-refractivity contribution in [2.24, 2.45) is 0 Å². The van der Waals surface area contributed by atoms with Gasteiger partial charge in [-0.05, 0) is 30.3 Å². The Morgan fingerprint density at radius 2 is 1.95 bits per heavy atom. The van der Waals surface area contributed by atoms with Gasteiger partial charge >= 0.3 is 6.18 Å². The average molecular weight is 322 g/mol. The highest BCUT2D eigenvalue weighted by Crippen LogP contribution is 2.34. The van der Waals surface area contributed by atoms with Crippen LogP contribution in [0.5, 0.6) is 0 Å². The maximum atomic E-state index is 12.7. The van der Waals surface area contributed by atoms with Crippen molar-refractivity contribution in [1.29, 1.82) is 5.26 Å². The van der Waals surface area contributed by atoms with Crippen LogP contribution in [0.15, 0.2) is 42.7 Å². The van der Waals surface area contributed by atoms with Crippen molar-refractivity contribution in [1.82, 2.24) is 9.55 Å². The Morgan fingerprint density at radius 1 is 1.18 bits per heavy atom. The minimum absolute atomic E-state index is 0.0253. The van der Waals surface area contributed by atoms with E-state index in [0.717, 1.165) is 12.1 Å². The molecule has 0 spiro atoms. The van der Waals surface area contributed by atoms with Crippen LogP contribution >= 0.6 is 11.6 Å². The van der Waals surface area contributed by atoms with Crippen molar-refractivity contribution in [2.45, 2.75) is 6.18 Å². The summed E-state index contributed by atoms with van der Waals surface area (Å²) in [6, 6.07) is 8.48. The highest BCUT2D eigenvalue weighted by Gasteiger charge is 2.31. The van der Waals surface area contributed by atoms with Gasteiger partial charge in [-0.2, -0.15) is 18.4 Å². The van der Waals surface area contributed by atoms with Gasteiger partial charge in [0.1, 0.15) is 11.8 Å². The van der Waals surface area contributed by atoms with Gasteiger partial charge in [-0.15, -0.1) is 0 Å². The predicted octanol–water partition coefficient (Wildman–Crippen LogP) is 4.57. The van der Waals surface area contributed by atoms with Crippen LogP contribution in [0.3, 0.4) is 0 Å². The van der Waals surface area contributed by atoms with Gasteiger partial charge in [-0.25, -0.2) is 4.98 Å². The van der Waals surface area contributed by atoms with Crippen molar-refractivity contribution in [3.8, 4) is 11.8 Å². The summed E-state index contributed by atoms with van der Waals surface area (Å²) in [4.78, 5) is 3.95. The standard InChI is InChI=1S/C15H7ClF3N3/c16-11-7-9(15(17,18)19)1-2-14(11)22-6-4-10-12(8-20)21-5-3-13(10)22/h1-7H. The number of rotatable bonds is 1. The van der Waals surface area contributed by atoms with Crippen LogP contribution in [0.25, 0.3) is 16.6 Å². The van der Waals surface area contributed by atoms with Gasteiger partial charge in [-0.3, -0.25) is 0 Å². The van der Waals surface area contributed by atoms with Crippen LogP contribution < -0.4 is 0 Å². The molecule has 0 aliphatic carbocycles. The lowest BCUT2D eigenvalue weighted by Crippen LogP contribution is -2.05. The topological polar surface area (TPSA) is 41.6 Å². The second kappa shape index (κ2) is 5.04. The van der Waals surface area contributed by atoms with E-state index in [-0.39, 0.29) is 10.7 Å². The number of aromatic nitrogens is 2. The third-order valence-electron chi connectivity index (χ3n) is 3.26. The molecule has 0 fully saturated rings. The Bertz CT molecular complexity index is 907. The largest absolute Gasteiger partial charge is 0.416 e. The zero-order chi connectivity index (χ0) is 15.9. The molecule has 3 aromatic rings. The van der Waals surface area contributed by atoms with Crippen LogP contribution in [0, 0.1) is 11.3 Å². The van der Waals surface area contributed by atoms with E-state index in [9.17, 15) is 13.2 Å². The van der Waals surface area contributed by atoms with Crippen LogP contribution in [-0.2, 0) is 6.18 Å². The zero-order valence-electron chi connectivity index (χ0n) is 10.9. The normalized spacial score (nSPS) is 11.6. The van der Waals surface area contributed by atoms with Crippen molar-refractivity contribution in [2.75, 3.05) is 0 Å². The van der Waals surface area contributed by atoms with Gasteiger partial charge in [-0.1, -0.05) is 11.6 Å². The van der Waals surface area contributed by atoms with E-state index < -0.39 is 11.7 Å². The molecule has 0 amide bonds. The highest BCUT2D eigenvalue weighted by molar-refractivity contribution is 6.32. The van der Waals surface area contributed by atoms with E-state index in [1.807, 2.05) is 6.07 Å². The Labute approximate surface area is 128 Å².